The van der Waals surface area contributed by atoms with Gasteiger partial charge >= 0.3 is 0 Å². The van der Waals surface area contributed by atoms with Gasteiger partial charge in [0.15, 0.2) is 5.82 Å². The van der Waals surface area contributed by atoms with Crippen LogP contribution >= 0.6 is 11.6 Å². The van der Waals surface area contributed by atoms with Gasteiger partial charge in [-0.2, -0.15) is 0 Å². The summed E-state index contributed by atoms with van der Waals surface area (Å²) in [6.45, 7) is 2.37. The smallest absolute Gasteiger partial charge is 0.239 e. The summed E-state index contributed by atoms with van der Waals surface area (Å²) in [5, 5.41) is 5.05. The highest BCUT2D eigenvalue weighted by molar-refractivity contribution is 6.33. The van der Waals surface area contributed by atoms with E-state index in [0.717, 1.165) is 12.5 Å². The van der Waals surface area contributed by atoms with Crippen molar-refractivity contribution in [3.63, 3.8) is 0 Å². The molecule has 1 aromatic rings. The molecule has 2 N–H and O–H groups in total. The van der Waals surface area contributed by atoms with Gasteiger partial charge in [-0.1, -0.05) is 18.5 Å². The van der Waals surface area contributed by atoms with Crippen molar-refractivity contribution in [1.82, 2.24) is 5.32 Å². The molecule has 0 saturated carbocycles. The monoisotopic (exact) mass is 262 g/mol. The van der Waals surface area contributed by atoms with Crippen LogP contribution in [-0.2, 0) is 4.79 Å². The van der Waals surface area contributed by atoms with E-state index in [2.05, 4.69) is 10.6 Å². The molecule has 94 valence electrons. The second kappa shape index (κ2) is 6.39. The third kappa shape index (κ3) is 4.19. The number of nitrogens with one attached hydrogen (secondary N) is 2. The third-order valence-electron chi connectivity index (χ3n) is 2.00. The Hall–Kier alpha value is -1.36. The molecular formula is C11H13ClF2N2O. The maximum atomic E-state index is 13.3. The topological polar surface area (TPSA) is 41.1 Å². The molecule has 0 heterocycles. The van der Waals surface area contributed by atoms with Crippen LogP contribution in [0.5, 0.6) is 0 Å². The zero-order valence-corrected chi connectivity index (χ0v) is 10.1. The largest absolute Gasteiger partial charge is 0.373 e. The molecule has 0 fully saturated rings. The minimum atomic E-state index is -0.821. The van der Waals surface area contributed by atoms with Gasteiger partial charge in [-0.15, -0.1) is 0 Å². The summed E-state index contributed by atoms with van der Waals surface area (Å²) in [6, 6.07) is 1.69. The minimum absolute atomic E-state index is 0.0697. The van der Waals surface area contributed by atoms with E-state index in [9.17, 15) is 13.6 Å². The van der Waals surface area contributed by atoms with E-state index >= 15 is 0 Å². The van der Waals surface area contributed by atoms with Crippen molar-refractivity contribution in [3.8, 4) is 0 Å². The molecule has 0 aromatic heterocycles. The first-order valence-corrected chi connectivity index (χ1v) is 5.57. The Bertz CT molecular complexity index is 389. The number of carbonyl (C=O) groups excluding carboxylic acids is 1. The van der Waals surface area contributed by atoms with Crippen LogP contribution in [0, 0.1) is 11.6 Å². The number of carbonyl (C=O) groups is 1. The van der Waals surface area contributed by atoms with Gasteiger partial charge in [0, 0.05) is 12.6 Å². The van der Waals surface area contributed by atoms with Crippen LogP contribution in [0.2, 0.25) is 5.02 Å². The number of amides is 1. The molecule has 0 spiro atoms. The number of anilines is 1. The molecule has 0 aliphatic carbocycles. The Morgan fingerprint density at radius 3 is 2.71 bits per heavy atom. The van der Waals surface area contributed by atoms with Gasteiger partial charge in [-0.05, 0) is 12.5 Å². The zero-order chi connectivity index (χ0) is 12.8. The first-order chi connectivity index (χ1) is 8.04. The molecule has 0 aliphatic heterocycles. The maximum absolute atomic E-state index is 13.3. The van der Waals surface area contributed by atoms with Crippen LogP contribution < -0.4 is 10.6 Å². The molecule has 17 heavy (non-hydrogen) atoms. The predicted molar refractivity (Wildman–Crippen MR) is 63.2 cm³/mol. The third-order valence-corrected chi connectivity index (χ3v) is 2.30. The van der Waals surface area contributed by atoms with Gasteiger partial charge in [0.25, 0.3) is 0 Å². The minimum Gasteiger partial charge on any atom is -0.373 e. The number of halogens is 3. The lowest BCUT2D eigenvalue weighted by Crippen LogP contribution is -2.30. The molecule has 0 atom stereocenters. The Morgan fingerprint density at radius 2 is 2.12 bits per heavy atom. The van der Waals surface area contributed by atoms with Crippen molar-refractivity contribution in [2.24, 2.45) is 0 Å². The summed E-state index contributed by atoms with van der Waals surface area (Å²) < 4.78 is 26.0. The summed E-state index contributed by atoms with van der Waals surface area (Å²) in [4.78, 5) is 11.3. The Kier molecular flexibility index (Phi) is 5.15. The molecule has 6 heteroatoms. The molecule has 0 radical (unpaired) electrons. The van der Waals surface area contributed by atoms with Crippen molar-refractivity contribution in [1.29, 1.82) is 0 Å². The fourth-order valence-electron chi connectivity index (χ4n) is 1.21. The van der Waals surface area contributed by atoms with Gasteiger partial charge in [0.05, 0.1) is 17.3 Å². The highest BCUT2D eigenvalue weighted by Gasteiger charge is 2.10. The lowest BCUT2D eigenvalue weighted by molar-refractivity contribution is -0.119. The van der Waals surface area contributed by atoms with E-state index in [1.807, 2.05) is 6.92 Å². The number of rotatable bonds is 5. The maximum Gasteiger partial charge on any atom is 0.239 e. The number of benzene rings is 1. The molecule has 1 amide bonds. The number of hydrogen-bond acceptors (Lipinski definition) is 2. The normalized spacial score (nSPS) is 10.1. The average molecular weight is 263 g/mol. The highest BCUT2D eigenvalue weighted by Crippen LogP contribution is 2.25. The Balaban J connectivity index is 2.60. The van der Waals surface area contributed by atoms with E-state index in [0.29, 0.717) is 12.6 Å². The van der Waals surface area contributed by atoms with Gasteiger partial charge in [-0.3, -0.25) is 4.79 Å². The van der Waals surface area contributed by atoms with Crippen molar-refractivity contribution in [2.75, 3.05) is 18.4 Å². The molecule has 1 rings (SSSR count). The van der Waals surface area contributed by atoms with Gasteiger partial charge < -0.3 is 10.6 Å². The average Bonchev–Trinajstić information content (AvgIpc) is 2.24. The summed E-state index contributed by atoms with van der Waals surface area (Å²) in [5.74, 6) is -1.85. The van der Waals surface area contributed by atoms with Crippen LogP contribution in [-0.4, -0.2) is 19.0 Å². The SMILES string of the molecule is CCCNC(=O)CNc1c(F)cc(F)cc1Cl. The standard InChI is InChI=1S/C11H13ClF2N2O/c1-2-3-15-10(17)6-16-11-8(12)4-7(13)5-9(11)14/h4-5,16H,2-3,6H2,1H3,(H,15,17). The van der Waals surface area contributed by atoms with Crippen LogP contribution in [0.3, 0.4) is 0 Å². The summed E-state index contributed by atoms with van der Waals surface area (Å²) in [5.41, 5.74) is -0.0697. The van der Waals surface area contributed by atoms with Crippen LogP contribution in [0.1, 0.15) is 13.3 Å². The first kappa shape index (κ1) is 13.7. The van der Waals surface area contributed by atoms with Crippen LogP contribution in [0.4, 0.5) is 14.5 Å². The van der Waals surface area contributed by atoms with E-state index in [4.69, 9.17) is 11.6 Å². The lowest BCUT2D eigenvalue weighted by Gasteiger charge is -2.09. The van der Waals surface area contributed by atoms with Crippen molar-refractivity contribution in [3.05, 3.63) is 28.8 Å². The Morgan fingerprint density at radius 1 is 1.41 bits per heavy atom. The van der Waals surface area contributed by atoms with Crippen LogP contribution in [0.15, 0.2) is 12.1 Å². The highest BCUT2D eigenvalue weighted by atomic mass is 35.5. The molecular weight excluding hydrogens is 250 g/mol. The molecule has 0 unspecified atom stereocenters. The molecule has 0 aliphatic rings. The van der Waals surface area contributed by atoms with Crippen molar-refractivity contribution in [2.45, 2.75) is 13.3 Å². The van der Waals surface area contributed by atoms with E-state index < -0.39 is 11.6 Å². The zero-order valence-electron chi connectivity index (χ0n) is 9.32. The van der Waals surface area contributed by atoms with E-state index in [1.165, 1.54) is 0 Å². The van der Waals surface area contributed by atoms with Crippen molar-refractivity contribution < 1.29 is 13.6 Å². The summed E-state index contributed by atoms with van der Waals surface area (Å²) in [7, 11) is 0. The van der Waals surface area contributed by atoms with Crippen molar-refractivity contribution >= 4 is 23.2 Å². The van der Waals surface area contributed by atoms with E-state index in [1.54, 1.807) is 0 Å². The summed E-state index contributed by atoms with van der Waals surface area (Å²) in [6.07, 6.45) is 0.817. The van der Waals surface area contributed by atoms with Crippen LogP contribution in [0.25, 0.3) is 0 Å². The van der Waals surface area contributed by atoms with Gasteiger partial charge in [0.1, 0.15) is 5.82 Å². The lowest BCUT2D eigenvalue weighted by atomic mass is 10.3. The Labute approximate surface area is 103 Å². The van der Waals surface area contributed by atoms with Gasteiger partial charge in [0.2, 0.25) is 5.91 Å². The fraction of sp³-hybridized carbons (Fsp3) is 0.364. The molecule has 0 saturated heterocycles. The summed E-state index contributed by atoms with van der Waals surface area (Å²) >= 11 is 5.65. The quantitative estimate of drug-likeness (QED) is 0.856. The molecule has 3 nitrogen and oxygen atoms in total. The first-order valence-electron chi connectivity index (χ1n) is 5.19. The van der Waals surface area contributed by atoms with E-state index in [-0.39, 0.29) is 23.2 Å². The second-order valence-corrected chi connectivity index (χ2v) is 3.86. The molecule has 1 aromatic carbocycles. The second-order valence-electron chi connectivity index (χ2n) is 3.45. The number of hydrogen-bond donors (Lipinski definition) is 2. The predicted octanol–water partition coefficient (Wildman–Crippen LogP) is 2.56. The van der Waals surface area contributed by atoms with Gasteiger partial charge in [-0.25, -0.2) is 8.78 Å². The fourth-order valence-corrected chi connectivity index (χ4v) is 1.47. The molecule has 0 bridgehead atoms.